The van der Waals surface area contributed by atoms with E-state index in [1.807, 2.05) is 0 Å². The Balaban J connectivity index is 2.03. The van der Waals surface area contributed by atoms with Gasteiger partial charge in [-0.2, -0.15) is 0 Å². The number of thiophene rings is 1. The van der Waals surface area contributed by atoms with E-state index in [-0.39, 0.29) is 18.0 Å². The van der Waals surface area contributed by atoms with E-state index in [4.69, 9.17) is 9.52 Å². The molecule has 104 valence electrons. The zero-order valence-corrected chi connectivity index (χ0v) is 12.1. The van der Waals surface area contributed by atoms with Crippen molar-refractivity contribution in [3.63, 3.8) is 0 Å². The van der Waals surface area contributed by atoms with Gasteiger partial charge in [0.1, 0.15) is 5.76 Å². The van der Waals surface area contributed by atoms with Crippen LogP contribution < -0.4 is 4.72 Å². The third-order valence-corrected chi connectivity index (χ3v) is 5.36. The van der Waals surface area contributed by atoms with Crippen LogP contribution in [0, 0.1) is 6.92 Å². The SMILES string of the molecule is Cc1sc(CO)cc1S(=O)(=O)NCCc1ccco1. The smallest absolute Gasteiger partial charge is 0.241 e. The summed E-state index contributed by atoms with van der Waals surface area (Å²) in [5, 5.41) is 9.02. The van der Waals surface area contributed by atoms with E-state index >= 15 is 0 Å². The van der Waals surface area contributed by atoms with E-state index in [9.17, 15) is 8.42 Å². The van der Waals surface area contributed by atoms with Crippen LogP contribution in [0.4, 0.5) is 0 Å². The van der Waals surface area contributed by atoms with Crippen LogP contribution in [-0.4, -0.2) is 20.1 Å². The minimum Gasteiger partial charge on any atom is -0.469 e. The van der Waals surface area contributed by atoms with Crippen LogP contribution in [0.15, 0.2) is 33.8 Å². The molecule has 0 aliphatic rings. The highest BCUT2D eigenvalue weighted by molar-refractivity contribution is 7.89. The summed E-state index contributed by atoms with van der Waals surface area (Å²) in [6, 6.07) is 5.07. The third kappa shape index (κ3) is 3.44. The normalized spacial score (nSPS) is 11.9. The van der Waals surface area contributed by atoms with Gasteiger partial charge in [0.2, 0.25) is 10.0 Å². The van der Waals surface area contributed by atoms with Gasteiger partial charge in [-0.1, -0.05) is 0 Å². The van der Waals surface area contributed by atoms with Crippen molar-refractivity contribution in [2.24, 2.45) is 0 Å². The molecule has 2 heterocycles. The van der Waals surface area contributed by atoms with Crippen molar-refractivity contribution in [1.82, 2.24) is 4.72 Å². The van der Waals surface area contributed by atoms with Crippen LogP contribution in [0.1, 0.15) is 15.5 Å². The van der Waals surface area contributed by atoms with Crippen molar-refractivity contribution in [2.75, 3.05) is 6.54 Å². The van der Waals surface area contributed by atoms with Gasteiger partial charge >= 0.3 is 0 Å². The first kappa shape index (κ1) is 14.3. The Hall–Kier alpha value is -1.15. The van der Waals surface area contributed by atoms with Gasteiger partial charge < -0.3 is 9.52 Å². The molecule has 7 heteroatoms. The molecule has 0 saturated carbocycles. The average Bonchev–Trinajstić information content (AvgIpc) is 2.98. The highest BCUT2D eigenvalue weighted by Crippen LogP contribution is 2.25. The monoisotopic (exact) mass is 301 g/mol. The topological polar surface area (TPSA) is 79.5 Å². The fourth-order valence-corrected chi connectivity index (χ4v) is 4.24. The van der Waals surface area contributed by atoms with Gasteiger partial charge in [-0.05, 0) is 25.1 Å². The molecule has 2 aromatic rings. The molecule has 0 aromatic carbocycles. The van der Waals surface area contributed by atoms with Crippen molar-refractivity contribution in [3.05, 3.63) is 40.0 Å². The van der Waals surface area contributed by atoms with Crippen molar-refractivity contribution in [2.45, 2.75) is 24.8 Å². The Morgan fingerprint density at radius 2 is 2.26 bits per heavy atom. The molecule has 0 fully saturated rings. The molecular weight excluding hydrogens is 286 g/mol. The van der Waals surface area contributed by atoms with E-state index in [0.717, 1.165) is 5.76 Å². The molecule has 0 atom stereocenters. The van der Waals surface area contributed by atoms with E-state index in [2.05, 4.69) is 4.72 Å². The molecule has 19 heavy (non-hydrogen) atoms. The molecular formula is C12H15NO4S2. The minimum absolute atomic E-state index is 0.145. The summed E-state index contributed by atoms with van der Waals surface area (Å²) < 4.78 is 31.9. The molecule has 5 nitrogen and oxygen atoms in total. The second-order valence-electron chi connectivity index (χ2n) is 4.02. The van der Waals surface area contributed by atoms with Crippen molar-refractivity contribution in [3.8, 4) is 0 Å². The predicted octanol–water partition coefficient (Wildman–Crippen LogP) is 1.66. The van der Waals surface area contributed by atoms with Crippen molar-refractivity contribution < 1.29 is 17.9 Å². The number of hydrogen-bond donors (Lipinski definition) is 2. The molecule has 0 bridgehead atoms. The molecule has 0 amide bonds. The Labute approximate surface area is 115 Å². The summed E-state index contributed by atoms with van der Waals surface area (Å²) in [6.07, 6.45) is 2.06. The summed E-state index contributed by atoms with van der Waals surface area (Å²) >= 11 is 1.28. The number of hydrogen-bond acceptors (Lipinski definition) is 5. The van der Waals surface area contributed by atoms with E-state index in [0.29, 0.717) is 16.2 Å². The maximum atomic E-state index is 12.1. The molecule has 0 saturated heterocycles. The number of aliphatic hydroxyl groups is 1. The van der Waals surface area contributed by atoms with Gasteiger partial charge in [0.15, 0.2) is 0 Å². The van der Waals surface area contributed by atoms with Crippen LogP contribution in [0.5, 0.6) is 0 Å². The lowest BCUT2D eigenvalue weighted by atomic mass is 10.3. The highest BCUT2D eigenvalue weighted by atomic mass is 32.2. The van der Waals surface area contributed by atoms with E-state index in [1.165, 1.54) is 17.4 Å². The van der Waals surface area contributed by atoms with Gasteiger partial charge in [0.25, 0.3) is 0 Å². The number of nitrogens with one attached hydrogen (secondary N) is 1. The number of aryl methyl sites for hydroxylation is 1. The second-order valence-corrected chi connectivity index (χ2v) is 7.09. The van der Waals surface area contributed by atoms with Gasteiger partial charge in [0.05, 0.1) is 17.8 Å². The highest BCUT2D eigenvalue weighted by Gasteiger charge is 2.19. The van der Waals surface area contributed by atoms with Gasteiger partial charge in [-0.3, -0.25) is 0 Å². The Morgan fingerprint density at radius 3 is 2.84 bits per heavy atom. The zero-order valence-electron chi connectivity index (χ0n) is 10.4. The number of sulfonamides is 1. The first-order valence-corrected chi connectivity index (χ1v) is 8.05. The first-order valence-electron chi connectivity index (χ1n) is 5.75. The second kappa shape index (κ2) is 5.87. The number of aliphatic hydroxyl groups excluding tert-OH is 1. The number of rotatable bonds is 6. The van der Waals surface area contributed by atoms with Gasteiger partial charge in [-0.25, -0.2) is 13.1 Å². The van der Waals surface area contributed by atoms with Crippen molar-refractivity contribution >= 4 is 21.4 Å². The lowest BCUT2D eigenvalue weighted by molar-refractivity contribution is 0.285. The van der Waals surface area contributed by atoms with Crippen LogP contribution in [0.25, 0.3) is 0 Å². The molecule has 2 aromatic heterocycles. The fraction of sp³-hybridized carbons (Fsp3) is 0.333. The zero-order chi connectivity index (χ0) is 13.9. The summed E-state index contributed by atoms with van der Waals surface area (Å²) in [6.45, 7) is 1.86. The quantitative estimate of drug-likeness (QED) is 0.850. The average molecular weight is 301 g/mol. The Bertz CT molecular complexity index is 629. The molecule has 0 unspecified atom stereocenters. The van der Waals surface area contributed by atoms with Crippen LogP contribution in [-0.2, 0) is 23.1 Å². The van der Waals surface area contributed by atoms with Gasteiger partial charge in [0, 0.05) is 22.7 Å². The van der Waals surface area contributed by atoms with Crippen LogP contribution >= 0.6 is 11.3 Å². The standard InChI is InChI=1S/C12H15NO4S2/c1-9-12(7-11(8-14)18-9)19(15,16)13-5-4-10-3-2-6-17-10/h2-3,6-7,13-14H,4-5,8H2,1H3. The van der Waals surface area contributed by atoms with E-state index in [1.54, 1.807) is 25.3 Å². The maximum Gasteiger partial charge on any atom is 0.241 e. The molecule has 2 rings (SSSR count). The third-order valence-electron chi connectivity index (χ3n) is 2.61. The maximum absolute atomic E-state index is 12.1. The lowest BCUT2D eigenvalue weighted by Gasteiger charge is -2.04. The lowest BCUT2D eigenvalue weighted by Crippen LogP contribution is -2.26. The summed E-state index contributed by atoms with van der Waals surface area (Å²) in [7, 11) is -3.53. The fourth-order valence-electron chi connectivity index (χ4n) is 1.71. The summed E-state index contributed by atoms with van der Waals surface area (Å²) in [4.78, 5) is 1.56. The molecule has 0 aliphatic carbocycles. The largest absolute Gasteiger partial charge is 0.469 e. The molecule has 0 radical (unpaired) electrons. The van der Waals surface area contributed by atoms with E-state index < -0.39 is 10.0 Å². The molecule has 0 spiro atoms. The predicted molar refractivity (Wildman–Crippen MR) is 72.6 cm³/mol. The van der Waals surface area contributed by atoms with Gasteiger partial charge in [-0.15, -0.1) is 11.3 Å². The Morgan fingerprint density at radius 1 is 1.47 bits per heavy atom. The van der Waals surface area contributed by atoms with Crippen molar-refractivity contribution in [1.29, 1.82) is 0 Å². The minimum atomic E-state index is -3.53. The number of furan rings is 1. The molecule has 2 N–H and O–H groups in total. The van der Waals surface area contributed by atoms with Crippen LogP contribution in [0.3, 0.4) is 0 Å². The molecule has 0 aliphatic heterocycles. The first-order chi connectivity index (χ1) is 9.03. The summed E-state index contributed by atoms with van der Waals surface area (Å²) in [5.74, 6) is 0.737. The van der Waals surface area contributed by atoms with Crippen LogP contribution in [0.2, 0.25) is 0 Å². The Kier molecular flexibility index (Phi) is 4.41. The summed E-state index contributed by atoms with van der Waals surface area (Å²) in [5.41, 5.74) is 0.